The Hall–Kier alpha value is -3.15. The predicted molar refractivity (Wildman–Crippen MR) is 101 cm³/mol. The van der Waals surface area contributed by atoms with Gasteiger partial charge in [-0.2, -0.15) is 0 Å². The molecule has 1 aliphatic heterocycles. The highest BCUT2D eigenvalue weighted by Gasteiger charge is 2.36. The van der Waals surface area contributed by atoms with Crippen LogP contribution in [0.2, 0.25) is 0 Å². The van der Waals surface area contributed by atoms with Gasteiger partial charge >= 0.3 is 5.97 Å². The number of nitrogens with one attached hydrogen (secondary N) is 1. The second-order valence-corrected chi connectivity index (χ2v) is 6.52. The summed E-state index contributed by atoms with van der Waals surface area (Å²) in [5.74, 6) is -1.69. The van der Waals surface area contributed by atoms with E-state index >= 15 is 0 Å². The van der Waals surface area contributed by atoms with Crippen LogP contribution in [0.4, 0.5) is 0 Å². The summed E-state index contributed by atoms with van der Waals surface area (Å²) >= 11 is 0. The standard InChI is InChI=1S/C21H22N2O4/c1-2-11-22-19(24)15-7-5-8-16(13-15)20(25)23-12-10-14-6-3-4-9-17(14)18(23)21(26)27/h3-9,13,18H,2,10-12H2,1H3,(H,22,24)(H,26,27). The number of carboxylic acids is 1. The Balaban J connectivity index is 1.89. The number of aliphatic carboxylic acids is 1. The van der Waals surface area contributed by atoms with Gasteiger partial charge in [0.15, 0.2) is 6.04 Å². The minimum Gasteiger partial charge on any atom is -0.479 e. The monoisotopic (exact) mass is 366 g/mol. The molecule has 6 nitrogen and oxygen atoms in total. The number of carboxylic acid groups (broad SMARTS) is 1. The first kappa shape index (κ1) is 18.6. The Morgan fingerprint density at radius 2 is 1.85 bits per heavy atom. The molecule has 6 heteroatoms. The molecular formula is C21H22N2O4. The largest absolute Gasteiger partial charge is 0.479 e. The quantitative estimate of drug-likeness (QED) is 0.852. The first-order chi connectivity index (χ1) is 13.0. The molecule has 1 aliphatic rings. The molecule has 0 aromatic heterocycles. The third-order valence-corrected chi connectivity index (χ3v) is 4.69. The number of carbonyl (C=O) groups excluding carboxylic acids is 2. The van der Waals surface area contributed by atoms with Crippen LogP contribution in [-0.4, -0.2) is 40.9 Å². The van der Waals surface area contributed by atoms with Gasteiger partial charge in [-0.3, -0.25) is 9.59 Å². The van der Waals surface area contributed by atoms with Gasteiger partial charge in [-0.1, -0.05) is 37.3 Å². The third-order valence-electron chi connectivity index (χ3n) is 4.69. The minimum atomic E-state index is -1.06. The molecule has 2 N–H and O–H groups in total. The average molecular weight is 366 g/mol. The van der Waals surface area contributed by atoms with Gasteiger partial charge in [-0.15, -0.1) is 0 Å². The smallest absolute Gasteiger partial charge is 0.331 e. The van der Waals surface area contributed by atoms with Gasteiger partial charge in [-0.05, 0) is 42.2 Å². The van der Waals surface area contributed by atoms with Gasteiger partial charge in [0.2, 0.25) is 0 Å². The molecule has 1 unspecified atom stereocenters. The topological polar surface area (TPSA) is 86.7 Å². The normalized spacial score (nSPS) is 15.7. The van der Waals surface area contributed by atoms with Crippen molar-refractivity contribution < 1.29 is 19.5 Å². The van der Waals surface area contributed by atoms with Gasteiger partial charge < -0.3 is 15.3 Å². The Morgan fingerprint density at radius 1 is 1.11 bits per heavy atom. The van der Waals surface area contributed by atoms with E-state index < -0.39 is 12.0 Å². The number of hydrogen-bond acceptors (Lipinski definition) is 3. The van der Waals surface area contributed by atoms with E-state index in [9.17, 15) is 19.5 Å². The molecular weight excluding hydrogens is 344 g/mol. The van der Waals surface area contributed by atoms with Crippen LogP contribution < -0.4 is 5.32 Å². The van der Waals surface area contributed by atoms with Crippen LogP contribution in [0.3, 0.4) is 0 Å². The maximum atomic E-state index is 13.0. The molecule has 2 amide bonds. The fourth-order valence-corrected chi connectivity index (χ4v) is 3.35. The fourth-order valence-electron chi connectivity index (χ4n) is 3.35. The molecule has 0 spiro atoms. The number of nitrogens with zero attached hydrogens (tertiary/aromatic N) is 1. The van der Waals surface area contributed by atoms with E-state index in [1.165, 1.54) is 11.0 Å². The Bertz CT molecular complexity index is 878. The summed E-state index contributed by atoms with van der Waals surface area (Å²) < 4.78 is 0. The van der Waals surface area contributed by atoms with Crippen molar-refractivity contribution in [1.82, 2.24) is 10.2 Å². The van der Waals surface area contributed by atoms with Crippen molar-refractivity contribution in [1.29, 1.82) is 0 Å². The molecule has 27 heavy (non-hydrogen) atoms. The molecule has 1 heterocycles. The first-order valence-electron chi connectivity index (χ1n) is 9.02. The SMILES string of the molecule is CCCNC(=O)c1cccc(C(=O)N2CCc3ccccc3C2C(=O)O)c1. The lowest BCUT2D eigenvalue weighted by molar-refractivity contribution is -0.143. The van der Waals surface area contributed by atoms with Gasteiger partial charge in [0.1, 0.15) is 0 Å². The van der Waals surface area contributed by atoms with Crippen LogP contribution in [-0.2, 0) is 11.2 Å². The van der Waals surface area contributed by atoms with Crippen molar-refractivity contribution in [2.75, 3.05) is 13.1 Å². The number of fused-ring (bicyclic) bond motifs is 1. The molecule has 0 bridgehead atoms. The third kappa shape index (κ3) is 3.84. The number of amides is 2. The zero-order valence-corrected chi connectivity index (χ0v) is 15.1. The maximum absolute atomic E-state index is 13.0. The molecule has 0 aliphatic carbocycles. The molecule has 140 valence electrons. The zero-order chi connectivity index (χ0) is 19.4. The van der Waals surface area contributed by atoms with E-state index in [0.717, 1.165) is 12.0 Å². The van der Waals surface area contributed by atoms with Crippen molar-refractivity contribution in [3.05, 3.63) is 70.8 Å². The van der Waals surface area contributed by atoms with Crippen molar-refractivity contribution in [2.24, 2.45) is 0 Å². The van der Waals surface area contributed by atoms with E-state index in [2.05, 4.69) is 5.32 Å². The Labute approximate surface area is 157 Å². The van der Waals surface area contributed by atoms with Crippen LogP contribution in [0.15, 0.2) is 48.5 Å². The molecule has 2 aromatic carbocycles. The lowest BCUT2D eigenvalue weighted by atomic mass is 9.92. The molecule has 0 fully saturated rings. The highest BCUT2D eigenvalue weighted by atomic mass is 16.4. The van der Waals surface area contributed by atoms with Crippen LogP contribution in [0.25, 0.3) is 0 Å². The Kier molecular flexibility index (Phi) is 5.54. The van der Waals surface area contributed by atoms with E-state index in [4.69, 9.17) is 0 Å². The molecule has 2 aromatic rings. The van der Waals surface area contributed by atoms with Crippen molar-refractivity contribution in [3.8, 4) is 0 Å². The lowest BCUT2D eigenvalue weighted by Crippen LogP contribution is -2.43. The molecule has 0 radical (unpaired) electrons. The summed E-state index contributed by atoms with van der Waals surface area (Å²) in [6, 6.07) is 12.7. The van der Waals surface area contributed by atoms with Crippen LogP contribution in [0.1, 0.15) is 51.2 Å². The summed E-state index contributed by atoms with van der Waals surface area (Å²) in [6.45, 7) is 2.83. The summed E-state index contributed by atoms with van der Waals surface area (Å²) in [4.78, 5) is 38.5. The number of benzene rings is 2. The summed E-state index contributed by atoms with van der Waals surface area (Å²) in [7, 11) is 0. The number of rotatable bonds is 5. The van der Waals surface area contributed by atoms with Crippen LogP contribution in [0.5, 0.6) is 0 Å². The van der Waals surface area contributed by atoms with E-state index in [-0.39, 0.29) is 11.8 Å². The van der Waals surface area contributed by atoms with Gasteiger partial charge in [0.25, 0.3) is 11.8 Å². The van der Waals surface area contributed by atoms with Crippen molar-refractivity contribution in [3.63, 3.8) is 0 Å². The summed E-state index contributed by atoms with van der Waals surface area (Å²) in [5, 5.41) is 12.5. The highest BCUT2D eigenvalue weighted by Crippen LogP contribution is 2.31. The predicted octanol–water partition coefficient (Wildman–Crippen LogP) is 2.65. The van der Waals surface area contributed by atoms with E-state index in [0.29, 0.717) is 36.2 Å². The number of carbonyl (C=O) groups is 3. The second kappa shape index (κ2) is 8.03. The minimum absolute atomic E-state index is 0.245. The first-order valence-corrected chi connectivity index (χ1v) is 9.02. The Morgan fingerprint density at radius 3 is 2.59 bits per heavy atom. The van der Waals surface area contributed by atoms with Gasteiger partial charge in [-0.25, -0.2) is 4.79 Å². The average Bonchev–Trinajstić information content (AvgIpc) is 2.70. The van der Waals surface area contributed by atoms with Crippen molar-refractivity contribution in [2.45, 2.75) is 25.8 Å². The van der Waals surface area contributed by atoms with Crippen LogP contribution >= 0.6 is 0 Å². The van der Waals surface area contributed by atoms with E-state index in [1.54, 1.807) is 30.3 Å². The summed E-state index contributed by atoms with van der Waals surface area (Å²) in [5.41, 5.74) is 2.28. The molecule has 0 saturated heterocycles. The highest BCUT2D eigenvalue weighted by molar-refractivity contribution is 6.01. The summed E-state index contributed by atoms with van der Waals surface area (Å²) in [6.07, 6.45) is 1.42. The van der Waals surface area contributed by atoms with Crippen molar-refractivity contribution >= 4 is 17.8 Å². The fraction of sp³-hybridized carbons (Fsp3) is 0.286. The van der Waals surface area contributed by atoms with Gasteiger partial charge in [0.05, 0.1) is 0 Å². The molecule has 1 atom stereocenters. The van der Waals surface area contributed by atoms with Gasteiger partial charge in [0, 0.05) is 24.2 Å². The maximum Gasteiger partial charge on any atom is 0.331 e. The molecule has 0 saturated carbocycles. The molecule has 3 rings (SSSR count). The van der Waals surface area contributed by atoms with Crippen LogP contribution in [0, 0.1) is 0 Å². The second-order valence-electron chi connectivity index (χ2n) is 6.52. The lowest BCUT2D eigenvalue weighted by Gasteiger charge is -2.34. The van der Waals surface area contributed by atoms with E-state index in [1.807, 2.05) is 19.1 Å². The zero-order valence-electron chi connectivity index (χ0n) is 15.1. The number of hydrogen-bond donors (Lipinski definition) is 2.